The van der Waals surface area contributed by atoms with Gasteiger partial charge in [0.25, 0.3) is 0 Å². The average molecular weight is 1020 g/mol. The van der Waals surface area contributed by atoms with Crippen molar-refractivity contribution < 1.29 is 29.3 Å². The van der Waals surface area contributed by atoms with E-state index in [0.29, 0.717) is 30.7 Å². The van der Waals surface area contributed by atoms with E-state index >= 15 is 0 Å². The maximum absolute atomic E-state index is 11.6. The SMILES string of the molecule is C=Cc1ccc(CCCC(O)O)cc1.C=Cc1ccc2c(c1)ncn2C(=O)OCC.C=Cc1ccc2c(c1)nnn2C(=O)OCC.C=Cc1ccc2n[nH]nc2c1.C=Cc1ccc2nc[nH]c2c1.C=Cc1ccccn1. The number of rotatable bonds is 12. The predicted molar refractivity (Wildman–Crippen MR) is 304 cm³/mol. The fourth-order valence-electron chi connectivity index (χ4n) is 6.75. The Kier molecular flexibility index (Phi) is 22.8. The lowest BCUT2D eigenvalue weighted by Crippen LogP contribution is -2.14. The third kappa shape index (κ3) is 17.2. The van der Waals surface area contributed by atoms with Crippen molar-refractivity contribution >= 4 is 92.8 Å². The molecule has 10 aromatic rings. The van der Waals surface area contributed by atoms with Gasteiger partial charge >= 0.3 is 12.2 Å². The molecule has 0 unspecified atom stereocenters. The minimum atomic E-state index is -1.18. The summed E-state index contributed by atoms with van der Waals surface area (Å²) in [5.74, 6) is 0. The van der Waals surface area contributed by atoms with Crippen molar-refractivity contribution in [3.63, 3.8) is 0 Å². The van der Waals surface area contributed by atoms with Gasteiger partial charge in [-0.15, -0.1) is 9.78 Å². The lowest BCUT2D eigenvalue weighted by molar-refractivity contribution is -0.0461. The minimum Gasteiger partial charge on any atom is -0.449 e. The van der Waals surface area contributed by atoms with Crippen LogP contribution in [0, 0.1) is 0 Å². The van der Waals surface area contributed by atoms with Crippen LogP contribution in [0.1, 0.15) is 65.8 Å². The zero-order valence-corrected chi connectivity index (χ0v) is 42.6. The Bertz CT molecular complexity index is 3300. The summed E-state index contributed by atoms with van der Waals surface area (Å²) in [6, 6.07) is 36.6. The molecular formula is C59H61N11O6. The van der Waals surface area contributed by atoms with Gasteiger partial charge < -0.3 is 24.7 Å². The largest absolute Gasteiger partial charge is 0.449 e. The van der Waals surface area contributed by atoms with Gasteiger partial charge in [0.05, 0.1) is 47.3 Å². The zero-order chi connectivity index (χ0) is 54.7. The van der Waals surface area contributed by atoms with Crippen LogP contribution in [0.25, 0.3) is 80.6 Å². The molecule has 0 atom stereocenters. The molecule has 76 heavy (non-hydrogen) atoms. The van der Waals surface area contributed by atoms with Crippen LogP contribution in [0.4, 0.5) is 9.59 Å². The number of ether oxygens (including phenoxy) is 2. The van der Waals surface area contributed by atoms with E-state index in [1.807, 2.05) is 115 Å². The van der Waals surface area contributed by atoms with Gasteiger partial charge in [0.15, 0.2) is 6.29 Å². The summed E-state index contributed by atoms with van der Waals surface area (Å²) in [7, 11) is 0. The molecule has 0 fully saturated rings. The first-order valence-electron chi connectivity index (χ1n) is 24.0. The van der Waals surface area contributed by atoms with E-state index in [-0.39, 0.29) is 0 Å². The molecule has 0 radical (unpaired) electrons. The Morgan fingerprint density at radius 2 is 1.18 bits per heavy atom. The summed E-state index contributed by atoms with van der Waals surface area (Å²) < 4.78 is 12.3. The fraction of sp³-hybridized carbons (Fsp3) is 0.136. The molecular weight excluding hydrogens is 959 g/mol. The summed E-state index contributed by atoms with van der Waals surface area (Å²) >= 11 is 0. The first kappa shape index (κ1) is 57.2. The van der Waals surface area contributed by atoms with Crippen LogP contribution in [-0.2, 0) is 15.9 Å². The summed E-state index contributed by atoms with van der Waals surface area (Å²) in [6.07, 6.45) is 15.5. The standard InChI is InChI=1S/C12H12N2O2.C12H16O2.C11H11N3O2.C9H8N2.C8H7N3.C7H7N/c1-3-9-5-6-11-10(7-9)13-8-14(11)12(15)16-4-2;1-2-10-6-8-11(9-7-10)4-3-5-12(13)14;1-3-8-5-6-10-9(7-8)12-13-14(10)11(15)16-4-2;1-2-7-3-4-8-9(5-7)11-6-10-8;1-2-6-3-4-7-8(5-6)10-11-9-7;1-2-7-5-3-4-6-8-7/h3,5-8H,1,4H2,2H3;2,6-9,12-14H,1,3-5H2;3,5-7H,1,4H2,2H3;2-6H,1H2,(H,10,11);2-5H,1H2,(H,9,10,11);2-6H,1H2. The van der Waals surface area contributed by atoms with Crippen molar-refractivity contribution in [2.75, 3.05) is 13.2 Å². The van der Waals surface area contributed by atoms with Crippen LogP contribution in [-0.4, -0.2) is 96.8 Å². The number of aromatic amines is 2. The van der Waals surface area contributed by atoms with Crippen LogP contribution < -0.4 is 0 Å². The number of imidazole rings is 2. The second kappa shape index (κ2) is 30.4. The van der Waals surface area contributed by atoms with E-state index < -0.39 is 18.5 Å². The number of nitrogens with one attached hydrogen (secondary N) is 2. The number of pyridine rings is 1. The Labute approximate surface area is 440 Å². The number of H-pyrrole nitrogens is 2. The Morgan fingerprint density at radius 1 is 0.605 bits per heavy atom. The predicted octanol–water partition coefficient (Wildman–Crippen LogP) is 12.3. The van der Waals surface area contributed by atoms with Crippen molar-refractivity contribution in [2.24, 2.45) is 0 Å². The van der Waals surface area contributed by atoms with E-state index in [1.165, 1.54) is 16.5 Å². The molecule has 0 bridgehead atoms. The lowest BCUT2D eigenvalue weighted by atomic mass is 10.1. The highest BCUT2D eigenvalue weighted by Crippen LogP contribution is 2.18. The van der Waals surface area contributed by atoms with E-state index in [2.05, 4.69) is 85.1 Å². The van der Waals surface area contributed by atoms with Gasteiger partial charge in [-0.05, 0) is 133 Å². The van der Waals surface area contributed by atoms with Gasteiger partial charge in [-0.1, -0.05) is 130 Å². The minimum absolute atomic E-state index is 0.310. The zero-order valence-electron chi connectivity index (χ0n) is 42.6. The van der Waals surface area contributed by atoms with Crippen molar-refractivity contribution in [3.05, 3.63) is 213 Å². The average Bonchev–Trinajstić information content (AvgIpc) is 4.31. The fourth-order valence-corrected chi connectivity index (χ4v) is 6.75. The molecule has 5 aromatic heterocycles. The highest BCUT2D eigenvalue weighted by Gasteiger charge is 2.13. The van der Waals surface area contributed by atoms with Crippen LogP contribution in [0.15, 0.2) is 174 Å². The number of benzene rings is 5. The van der Waals surface area contributed by atoms with Crippen molar-refractivity contribution in [3.8, 4) is 0 Å². The van der Waals surface area contributed by atoms with Crippen LogP contribution in [0.3, 0.4) is 0 Å². The van der Waals surface area contributed by atoms with Gasteiger partial charge in [-0.2, -0.15) is 15.4 Å². The van der Waals surface area contributed by atoms with E-state index in [1.54, 1.807) is 62.8 Å². The number of aromatic nitrogens is 11. The number of fused-ring (bicyclic) bond motifs is 4. The number of hydrogen-bond acceptors (Lipinski definition) is 13. The number of hydrogen-bond donors (Lipinski definition) is 4. The van der Waals surface area contributed by atoms with Gasteiger partial charge in [0.1, 0.15) is 28.4 Å². The molecule has 0 spiro atoms. The van der Waals surface area contributed by atoms with Crippen molar-refractivity contribution in [2.45, 2.75) is 39.4 Å². The number of nitrogens with zero attached hydrogens (tertiary/aromatic N) is 9. The smallest absolute Gasteiger partial charge is 0.436 e. The highest BCUT2D eigenvalue weighted by atomic mass is 16.6. The second-order valence-electron chi connectivity index (χ2n) is 15.9. The molecule has 0 aliphatic carbocycles. The summed E-state index contributed by atoms with van der Waals surface area (Å²) in [6.45, 7) is 26.1. The Morgan fingerprint density at radius 3 is 1.79 bits per heavy atom. The van der Waals surface area contributed by atoms with Crippen LogP contribution >= 0.6 is 0 Å². The topological polar surface area (TPSA) is 225 Å². The highest BCUT2D eigenvalue weighted by molar-refractivity contribution is 5.88. The number of aryl methyl sites for hydroxylation is 1. The Balaban J connectivity index is 0.000000171. The molecule has 5 aromatic carbocycles. The van der Waals surface area contributed by atoms with Gasteiger partial charge in [0, 0.05) is 6.20 Å². The molecule has 5 heterocycles. The summed E-state index contributed by atoms with van der Waals surface area (Å²) in [5.41, 5.74) is 13.9. The number of carbonyl (C=O) groups is 2. The molecule has 388 valence electrons. The maximum atomic E-state index is 11.6. The number of carbonyl (C=O) groups excluding carboxylic acids is 2. The molecule has 0 amide bonds. The molecule has 0 aliphatic rings. The molecule has 4 N–H and O–H groups in total. The molecule has 17 nitrogen and oxygen atoms in total. The monoisotopic (exact) mass is 1020 g/mol. The van der Waals surface area contributed by atoms with Crippen molar-refractivity contribution in [1.29, 1.82) is 0 Å². The lowest BCUT2D eigenvalue weighted by Gasteiger charge is -2.03. The quantitative estimate of drug-likeness (QED) is 0.0837. The molecule has 10 rings (SSSR count). The van der Waals surface area contributed by atoms with E-state index in [4.69, 9.17) is 19.7 Å². The third-order valence-electron chi connectivity index (χ3n) is 10.7. The van der Waals surface area contributed by atoms with Gasteiger partial charge in [-0.3, -0.25) is 4.98 Å². The summed E-state index contributed by atoms with van der Waals surface area (Å²) in [4.78, 5) is 38.3. The Hall–Kier alpha value is -9.71. The second-order valence-corrected chi connectivity index (χ2v) is 15.9. The third-order valence-corrected chi connectivity index (χ3v) is 10.7. The van der Waals surface area contributed by atoms with Crippen LogP contribution in [0.5, 0.6) is 0 Å². The van der Waals surface area contributed by atoms with E-state index in [0.717, 1.165) is 84.1 Å². The maximum Gasteiger partial charge on any atom is 0.436 e. The van der Waals surface area contributed by atoms with E-state index in [9.17, 15) is 9.59 Å². The van der Waals surface area contributed by atoms with Gasteiger partial charge in [-0.25, -0.2) is 24.1 Å². The molecule has 0 saturated carbocycles. The molecule has 0 saturated heterocycles. The number of aliphatic hydroxyl groups is 2. The first-order valence-corrected chi connectivity index (χ1v) is 24.0. The van der Waals surface area contributed by atoms with Crippen molar-refractivity contribution in [1.82, 2.24) is 54.9 Å². The van der Waals surface area contributed by atoms with Crippen LogP contribution in [0.2, 0.25) is 0 Å². The normalized spacial score (nSPS) is 10.1. The first-order chi connectivity index (χ1) is 37.0. The molecule has 17 heteroatoms. The molecule has 0 aliphatic heterocycles. The van der Waals surface area contributed by atoms with Gasteiger partial charge in [0.2, 0.25) is 0 Å². The summed E-state index contributed by atoms with van der Waals surface area (Å²) in [5, 5.41) is 35.4. The number of aliphatic hydroxyl groups excluding tert-OH is 1.